The molecule has 2 aromatic carbocycles. The number of rotatable bonds is 4. The highest BCUT2D eigenvalue weighted by Crippen LogP contribution is 2.32. The van der Waals surface area contributed by atoms with Crippen LogP contribution >= 0.6 is 0 Å². The van der Waals surface area contributed by atoms with Crippen LogP contribution in [0.4, 0.5) is 0 Å². The molecule has 1 aliphatic rings. The Morgan fingerprint density at radius 1 is 0.926 bits per heavy atom. The van der Waals surface area contributed by atoms with Gasteiger partial charge in [0.15, 0.2) is 0 Å². The van der Waals surface area contributed by atoms with E-state index < -0.39 is 10.2 Å². The van der Waals surface area contributed by atoms with Gasteiger partial charge in [-0.15, -0.1) is 0 Å². The van der Waals surface area contributed by atoms with Gasteiger partial charge >= 0.3 is 10.2 Å². The van der Waals surface area contributed by atoms with Crippen molar-refractivity contribution in [2.45, 2.75) is 12.8 Å². The molecule has 0 saturated carbocycles. The number of hydrogen-bond donors (Lipinski definition) is 0. The van der Waals surface area contributed by atoms with Crippen LogP contribution in [0.25, 0.3) is 5.57 Å². The molecule has 0 unspecified atom stereocenters. The van der Waals surface area contributed by atoms with Crippen LogP contribution in [-0.2, 0) is 10.2 Å². The lowest BCUT2D eigenvalue weighted by Gasteiger charge is -2.30. The molecule has 6 heteroatoms. The summed E-state index contributed by atoms with van der Waals surface area (Å²) in [7, 11) is -3.60. The van der Waals surface area contributed by atoms with Crippen LogP contribution in [0.3, 0.4) is 0 Å². The molecular formula is C21H21N3O2S. The Kier molecular flexibility index (Phi) is 4.92. The quantitative estimate of drug-likeness (QED) is 0.696. The van der Waals surface area contributed by atoms with Crippen molar-refractivity contribution >= 4 is 15.8 Å². The lowest BCUT2D eigenvalue weighted by molar-refractivity contribution is 0.390. The number of piperidine rings is 1. The highest BCUT2D eigenvalue weighted by molar-refractivity contribution is 7.87. The van der Waals surface area contributed by atoms with E-state index in [9.17, 15) is 8.42 Å². The summed E-state index contributed by atoms with van der Waals surface area (Å²) >= 11 is 0. The minimum absolute atomic E-state index is 0.389. The predicted octanol–water partition coefficient (Wildman–Crippen LogP) is 3.57. The van der Waals surface area contributed by atoms with E-state index in [-0.39, 0.29) is 0 Å². The van der Waals surface area contributed by atoms with Gasteiger partial charge in [0.1, 0.15) is 6.33 Å². The third kappa shape index (κ3) is 3.59. The highest BCUT2D eigenvalue weighted by atomic mass is 32.2. The van der Waals surface area contributed by atoms with Crippen LogP contribution in [0.1, 0.15) is 24.0 Å². The molecule has 3 aromatic rings. The average molecular weight is 379 g/mol. The Morgan fingerprint density at radius 2 is 1.56 bits per heavy atom. The second-order valence-electron chi connectivity index (χ2n) is 6.55. The zero-order valence-electron chi connectivity index (χ0n) is 14.9. The van der Waals surface area contributed by atoms with Gasteiger partial charge in [0.05, 0.1) is 0 Å². The lowest BCUT2D eigenvalue weighted by atomic mass is 9.90. The van der Waals surface area contributed by atoms with Crippen molar-refractivity contribution in [3.8, 4) is 0 Å². The van der Waals surface area contributed by atoms with E-state index in [0.29, 0.717) is 13.1 Å². The van der Waals surface area contributed by atoms with Crippen molar-refractivity contribution in [3.63, 3.8) is 0 Å². The molecule has 5 nitrogen and oxygen atoms in total. The van der Waals surface area contributed by atoms with Crippen LogP contribution in [0.5, 0.6) is 0 Å². The van der Waals surface area contributed by atoms with Crippen molar-refractivity contribution < 1.29 is 8.42 Å². The summed E-state index contributed by atoms with van der Waals surface area (Å²) < 4.78 is 28.6. The number of benzene rings is 2. The monoisotopic (exact) mass is 379 g/mol. The SMILES string of the molecule is O=S(=O)(N1CCCC(=C(c2ccccc2)c2ccccc2)C1)n1ccnc1. The number of hydrogen-bond acceptors (Lipinski definition) is 3. The van der Waals surface area contributed by atoms with E-state index in [1.54, 1.807) is 4.31 Å². The standard InChI is InChI=1S/C21H21N3O2S/c25-27(26,24-15-13-22-17-24)23-14-7-12-20(16-23)21(18-8-3-1-4-9-18)19-10-5-2-6-11-19/h1-6,8-11,13,15,17H,7,12,14,16H2. The maximum absolute atomic E-state index is 12.9. The Labute approximate surface area is 159 Å². The molecule has 0 amide bonds. The fourth-order valence-electron chi connectivity index (χ4n) is 3.54. The normalized spacial score (nSPS) is 15.6. The minimum Gasteiger partial charge on any atom is -0.244 e. The second kappa shape index (κ2) is 7.50. The second-order valence-corrected chi connectivity index (χ2v) is 8.38. The molecule has 2 heterocycles. The van der Waals surface area contributed by atoms with E-state index in [1.807, 2.05) is 36.4 Å². The van der Waals surface area contributed by atoms with Gasteiger partial charge in [-0.25, -0.2) is 8.96 Å². The first kappa shape index (κ1) is 17.7. The smallest absolute Gasteiger partial charge is 0.244 e. The molecule has 27 heavy (non-hydrogen) atoms. The van der Waals surface area contributed by atoms with E-state index in [1.165, 1.54) is 22.7 Å². The molecule has 1 saturated heterocycles. The first-order valence-electron chi connectivity index (χ1n) is 8.98. The molecule has 0 aliphatic carbocycles. The van der Waals surface area contributed by atoms with Crippen molar-refractivity contribution in [2.24, 2.45) is 0 Å². The van der Waals surface area contributed by atoms with Gasteiger partial charge in [-0.3, -0.25) is 0 Å². The fraction of sp³-hybridized carbons (Fsp3) is 0.190. The van der Waals surface area contributed by atoms with Crippen LogP contribution in [0.2, 0.25) is 0 Å². The van der Waals surface area contributed by atoms with Crippen molar-refractivity contribution in [1.82, 2.24) is 13.3 Å². The molecule has 138 valence electrons. The van der Waals surface area contributed by atoms with E-state index in [2.05, 4.69) is 29.2 Å². The molecular weight excluding hydrogens is 358 g/mol. The van der Waals surface area contributed by atoms with Crippen LogP contribution in [-0.4, -0.2) is 34.8 Å². The van der Waals surface area contributed by atoms with Gasteiger partial charge in [-0.05, 0) is 35.1 Å². The van der Waals surface area contributed by atoms with Gasteiger partial charge in [0.2, 0.25) is 0 Å². The number of imidazole rings is 1. The molecule has 0 N–H and O–H groups in total. The van der Waals surface area contributed by atoms with Gasteiger partial charge < -0.3 is 0 Å². The van der Waals surface area contributed by atoms with E-state index in [4.69, 9.17) is 0 Å². The summed E-state index contributed by atoms with van der Waals surface area (Å²) in [4.78, 5) is 3.88. The average Bonchev–Trinajstić information content (AvgIpc) is 3.26. The molecule has 0 spiro atoms. The molecule has 4 rings (SSSR count). The Morgan fingerprint density at radius 3 is 2.11 bits per heavy atom. The predicted molar refractivity (Wildman–Crippen MR) is 106 cm³/mol. The summed E-state index contributed by atoms with van der Waals surface area (Å²) in [6, 6.07) is 20.4. The summed E-state index contributed by atoms with van der Waals surface area (Å²) in [6.45, 7) is 0.903. The van der Waals surface area contributed by atoms with E-state index in [0.717, 1.165) is 35.1 Å². The molecule has 1 aromatic heterocycles. The van der Waals surface area contributed by atoms with Gasteiger partial charge in [-0.2, -0.15) is 12.7 Å². The number of nitrogens with zero attached hydrogens (tertiary/aromatic N) is 3. The van der Waals surface area contributed by atoms with E-state index >= 15 is 0 Å². The van der Waals surface area contributed by atoms with Gasteiger partial charge in [-0.1, -0.05) is 60.7 Å². The minimum atomic E-state index is -3.60. The topological polar surface area (TPSA) is 55.2 Å². The molecule has 1 aliphatic heterocycles. The maximum Gasteiger partial charge on any atom is 0.309 e. The number of aromatic nitrogens is 2. The summed E-state index contributed by atoms with van der Waals surface area (Å²) in [5.41, 5.74) is 4.49. The highest BCUT2D eigenvalue weighted by Gasteiger charge is 2.29. The maximum atomic E-state index is 12.9. The van der Waals surface area contributed by atoms with Crippen LogP contribution in [0, 0.1) is 0 Å². The first-order valence-corrected chi connectivity index (χ1v) is 10.4. The van der Waals surface area contributed by atoms with Crippen molar-refractivity contribution in [1.29, 1.82) is 0 Å². The zero-order chi connectivity index (χ0) is 18.7. The zero-order valence-corrected chi connectivity index (χ0v) is 15.7. The van der Waals surface area contributed by atoms with Crippen LogP contribution < -0.4 is 0 Å². The van der Waals surface area contributed by atoms with Crippen LogP contribution in [0.15, 0.2) is 85.0 Å². The lowest BCUT2D eigenvalue weighted by Crippen LogP contribution is -2.40. The van der Waals surface area contributed by atoms with Crippen molar-refractivity contribution in [3.05, 3.63) is 96.1 Å². The molecule has 0 atom stereocenters. The summed E-state index contributed by atoms with van der Waals surface area (Å²) in [5.74, 6) is 0. The Hall–Kier alpha value is -2.70. The van der Waals surface area contributed by atoms with Gasteiger partial charge in [0, 0.05) is 25.5 Å². The third-order valence-electron chi connectivity index (χ3n) is 4.80. The third-order valence-corrected chi connectivity index (χ3v) is 6.52. The molecule has 0 radical (unpaired) electrons. The molecule has 0 bridgehead atoms. The Balaban J connectivity index is 1.78. The summed E-state index contributed by atoms with van der Waals surface area (Å²) in [6.07, 6.45) is 5.98. The van der Waals surface area contributed by atoms with Crippen molar-refractivity contribution in [2.75, 3.05) is 13.1 Å². The summed E-state index contributed by atoms with van der Waals surface area (Å²) in [5, 5.41) is 0. The fourth-order valence-corrected chi connectivity index (χ4v) is 4.87. The Bertz CT molecular complexity index is 986. The van der Waals surface area contributed by atoms with Gasteiger partial charge in [0.25, 0.3) is 0 Å². The largest absolute Gasteiger partial charge is 0.309 e. The molecule has 1 fully saturated rings. The first-order chi connectivity index (χ1) is 13.2.